The van der Waals surface area contributed by atoms with Gasteiger partial charge in [-0.05, 0) is 45.5 Å². The van der Waals surface area contributed by atoms with E-state index in [1.165, 1.54) is 25.7 Å². The van der Waals surface area contributed by atoms with Crippen molar-refractivity contribution in [3.8, 4) is 5.75 Å². The van der Waals surface area contributed by atoms with Crippen LogP contribution >= 0.6 is 11.6 Å². The Kier molecular flexibility index (Phi) is 10.7. The molecule has 9 nitrogen and oxygen atoms in total. The van der Waals surface area contributed by atoms with E-state index in [0.29, 0.717) is 28.8 Å². The summed E-state index contributed by atoms with van der Waals surface area (Å²) in [5, 5.41) is 8.18. The number of ether oxygens (including phenoxy) is 1. The number of halogens is 1. The predicted octanol–water partition coefficient (Wildman–Crippen LogP) is 4.19. The second-order valence-electron chi connectivity index (χ2n) is 7.33. The van der Waals surface area contributed by atoms with Crippen molar-refractivity contribution in [2.24, 2.45) is 0 Å². The van der Waals surface area contributed by atoms with Gasteiger partial charge < -0.3 is 15.4 Å². The molecule has 2 aromatic rings. The summed E-state index contributed by atoms with van der Waals surface area (Å²) in [5.41, 5.74) is 1.03. The van der Waals surface area contributed by atoms with Crippen LogP contribution in [0.1, 0.15) is 32.6 Å². The van der Waals surface area contributed by atoms with Crippen molar-refractivity contribution >= 4 is 40.7 Å². The van der Waals surface area contributed by atoms with Gasteiger partial charge in [-0.15, -0.1) is 11.6 Å². The first-order valence-electron chi connectivity index (χ1n) is 10.5. The van der Waals surface area contributed by atoms with Gasteiger partial charge in [0.1, 0.15) is 5.75 Å². The molecule has 0 aliphatic heterocycles. The molecule has 0 aliphatic carbocycles. The van der Waals surface area contributed by atoms with Crippen molar-refractivity contribution in [2.45, 2.75) is 38.6 Å². The van der Waals surface area contributed by atoms with Gasteiger partial charge in [0.15, 0.2) is 5.82 Å². The Balaban J connectivity index is 1.90. The molecule has 1 aromatic carbocycles. The molecule has 0 radical (unpaired) electrons. The number of nitrogens with zero attached hydrogens (tertiary/aromatic N) is 3. The van der Waals surface area contributed by atoms with E-state index < -0.39 is 6.03 Å². The molecule has 0 saturated carbocycles. The van der Waals surface area contributed by atoms with Crippen molar-refractivity contribution in [1.82, 2.24) is 14.9 Å². The second-order valence-corrected chi connectivity index (χ2v) is 7.71. The van der Waals surface area contributed by atoms with Crippen LogP contribution in [-0.4, -0.2) is 59.4 Å². The summed E-state index contributed by atoms with van der Waals surface area (Å²) < 4.78 is 5.37. The van der Waals surface area contributed by atoms with Crippen LogP contribution in [0.4, 0.5) is 22.0 Å². The number of amides is 3. The molecule has 0 aliphatic rings. The Labute approximate surface area is 193 Å². The van der Waals surface area contributed by atoms with E-state index in [1.807, 2.05) is 18.9 Å². The fraction of sp³-hybridized carbons (Fsp3) is 0.455. The van der Waals surface area contributed by atoms with E-state index in [4.69, 9.17) is 16.3 Å². The average Bonchev–Trinajstić information content (AvgIpc) is 2.79. The topological polar surface area (TPSA) is 108 Å². The summed E-state index contributed by atoms with van der Waals surface area (Å²) in [6.07, 6.45) is 8.68. The third-order valence-electron chi connectivity index (χ3n) is 4.96. The number of carbonyl (C=O) groups excluding carboxylic acids is 2. The monoisotopic (exact) mass is 462 g/mol. The molecule has 0 fully saturated rings. The smallest absolute Gasteiger partial charge is 0.324 e. The lowest BCUT2D eigenvalue weighted by atomic mass is 10.2. The van der Waals surface area contributed by atoms with Crippen molar-refractivity contribution in [2.75, 3.05) is 42.5 Å². The summed E-state index contributed by atoms with van der Waals surface area (Å²) in [6.45, 7) is 2.71. The van der Waals surface area contributed by atoms with Crippen molar-refractivity contribution in [3.63, 3.8) is 0 Å². The normalized spacial score (nSPS) is 11.7. The molecule has 1 aromatic heterocycles. The van der Waals surface area contributed by atoms with Crippen LogP contribution in [0.3, 0.4) is 0 Å². The molecule has 2 rings (SSSR count). The molecule has 1 heterocycles. The number of carbonyl (C=O) groups is 2. The van der Waals surface area contributed by atoms with Gasteiger partial charge in [0.2, 0.25) is 5.91 Å². The number of nitrogens with one attached hydrogen (secondary N) is 3. The standard InChI is InChI=1S/C22H31ClN6O3/c1-16(29(2)13-7-5-4-6-10-23)21(30)26-17-8-9-18(19(14-17)32-3)27-22(31)28-20-15-24-11-12-25-20/h8-9,11-12,14-16H,4-7,10,13H2,1-3H3,(H,26,30)(H2,25,27,28,31). The van der Waals surface area contributed by atoms with Gasteiger partial charge in [0, 0.05) is 30.0 Å². The average molecular weight is 463 g/mol. The number of aromatic nitrogens is 2. The number of rotatable bonds is 12. The predicted molar refractivity (Wildman–Crippen MR) is 128 cm³/mol. The zero-order valence-electron chi connectivity index (χ0n) is 18.7. The van der Waals surface area contributed by atoms with Crippen LogP contribution in [0.25, 0.3) is 0 Å². The third-order valence-corrected chi connectivity index (χ3v) is 5.22. The summed E-state index contributed by atoms with van der Waals surface area (Å²) in [7, 11) is 3.43. The SMILES string of the molecule is COc1cc(NC(=O)C(C)N(C)CCCCCCCl)ccc1NC(=O)Nc1cnccn1. The van der Waals surface area contributed by atoms with E-state index in [9.17, 15) is 9.59 Å². The maximum atomic E-state index is 12.7. The molecule has 10 heteroatoms. The first-order valence-corrected chi connectivity index (χ1v) is 11.1. The number of anilines is 3. The van der Waals surface area contributed by atoms with Gasteiger partial charge in [-0.3, -0.25) is 20.0 Å². The third kappa shape index (κ3) is 8.32. The molecule has 1 atom stereocenters. The van der Waals surface area contributed by atoms with Gasteiger partial charge in [-0.1, -0.05) is 12.8 Å². The van der Waals surface area contributed by atoms with Gasteiger partial charge in [-0.25, -0.2) is 9.78 Å². The Hall–Kier alpha value is -2.91. The van der Waals surface area contributed by atoms with Gasteiger partial charge in [0.05, 0.1) is 25.0 Å². The minimum atomic E-state index is -0.484. The number of alkyl halides is 1. The van der Waals surface area contributed by atoms with E-state index in [0.717, 1.165) is 32.2 Å². The molecule has 0 spiro atoms. The number of urea groups is 1. The summed E-state index contributed by atoms with van der Waals surface area (Å²) in [6, 6.07) is 4.26. The zero-order valence-corrected chi connectivity index (χ0v) is 19.5. The number of likely N-dealkylation sites (N-methyl/N-ethyl adjacent to an activating group) is 1. The van der Waals surface area contributed by atoms with Gasteiger partial charge in [-0.2, -0.15) is 0 Å². The first kappa shape index (κ1) is 25.4. The highest BCUT2D eigenvalue weighted by Gasteiger charge is 2.18. The largest absolute Gasteiger partial charge is 0.494 e. The number of hydrogen-bond donors (Lipinski definition) is 3. The van der Waals surface area contributed by atoms with E-state index >= 15 is 0 Å². The molecule has 32 heavy (non-hydrogen) atoms. The second kappa shape index (κ2) is 13.5. The van der Waals surface area contributed by atoms with Crippen LogP contribution in [0.2, 0.25) is 0 Å². The van der Waals surface area contributed by atoms with Gasteiger partial charge >= 0.3 is 6.03 Å². The number of hydrogen-bond acceptors (Lipinski definition) is 6. The zero-order chi connectivity index (χ0) is 23.3. The summed E-state index contributed by atoms with van der Waals surface area (Å²) in [4.78, 5) is 34.8. The quantitative estimate of drug-likeness (QED) is 0.322. The molecular weight excluding hydrogens is 432 g/mol. The Morgan fingerprint density at radius 3 is 2.59 bits per heavy atom. The minimum Gasteiger partial charge on any atom is -0.494 e. The van der Waals surface area contributed by atoms with E-state index in [-0.39, 0.29) is 11.9 Å². The maximum absolute atomic E-state index is 12.7. The molecule has 3 amide bonds. The fourth-order valence-corrected chi connectivity index (χ4v) is 3.14. The first-order chi connectivity index (χ1) is 15.4. The van der Waals surface area contributed by atoms with Crippen LogP contribution < -0.4 is 20.7 Å². The molecule has 174 valence electrons. The van der Waals surface area contributed by atoms with Crippen LogP contribution in [-0.2, 0) is 4.79 Å². The molecule has 1 unspecified atom stereocenters. The molecular formula is C22H31ClN6O3. The number of benzene rings is 1. The highest BCUT2D eigenvalue weighted by molar-refractivity contribution is 6.17. The lowest BCUT2D eigenvalue weighted by Gasteiger charge is -2.24. The molecule has 3 N–H and O–H groups in total. The van der Waals surface area contributed by atoms with Crippen molar-refractivity contribution < 1.29 is 14.3 Å². The summed E-state index contributed by atoms with van der Waals surface area (Å²) >= 11 is 5.70. The number of methoxy groups -OCH3 is 1. The molecule has 0 saturated heterocycles. The van der Waals surface area contributed by atoms with Crippen LogP contribution in [0.5, 0.6) is 5.75 Å². The molecule has 0 bridgehead atoms. The Morgan fingerprint density at radius 1 is 1.12 bits per heavy atom. The van der Waals surface area contributed by atoms with Crippen LogP contribution in [0.15, 0.2) is 36.8 Å². The fourth-order valence-electron chi connectivity index (χ4n) is 2.96. The van der Waals surface area contributed by atoms with Crippen LogP contribution in [0, 0.1) is 0 Å². The Bertz CT molecular complexity index is 868. The number of unbranched alkanes of at least 4 members (excludes halogenated alkanes) is 3. The highest BCUT2D eigenvalue weighted by atomic mass is 35.5. The minimum absolute atomic E-state index is 0.114. The maximum Gasteiger partial charge on any atom is 0.324 e. The Morgan fingerprint density at radius 2 is 1.91 bits per heavy atom. The lowest BCUT2D eigenvalue weighted by molar-refractivity contribution is -0.120. The van der Waals surface area contributed by atoms with Crippen molar-refractivity contribution in [3.05, 3.63) is 36.8 Å². The highest BCUT2D eigenvalue weighted by Crippen LogP contribution is 2.28. The lowest BCUT2D eigenvalue weighted by Crippen LogP contribution is -2.40. The van der Waals surface area contributed by atoms with Crippen molar-refractivity contribution in [1.29, 1.82) is 0 Å². The van der Waals surface area contributed by atoms with E-state index in [2.05, 4.69) is 25.9 Å². The van der Waals surface area contributed by atoms with Gasteiger partial charge in [0.25, 0.3) is 0 Å². The van der Waals surface area contributed by atoms with E-state index in [1.54, 1.807) is 18.2 Å². The summed E-state index contributed by atoms with van der Waals surface area (Å²) in [5.74, 6) is 1.32.